The monoisotopic (exact) mass is 287 g/mol. The van der Waals surface area contributed by atoms with Crippen molar-refractivity contribution in [1.82, 2.24) is 0 Å². The van der Waals surface area contributed by atoms with Crippen molar-refractivity contribution in [3.8, 4) is 5.75 Å². The van der Waals surface area contributed by atoms with Crippen molar-refractivity contribution in [1.29, 1.82) is 0 Å². The second-order valence-corrected chi connectivity index (χ2v) is 4.46. The molecule has 0 unspecified atom stereocenters. The van der Waals surface area contributed by atoms with Crippen molar-refractivity contribution >= 4 is 11.7 Å². The number of ether oxygens (including phenoxy) is 1. The van der Waals surface area contributed by atoms with Crippen LogP contribution in [0.15, 0.2) is 42.5 Å². The molecular weight excluding hydrogens is 274 g/mol. The van der Waals surface area contributed by atoms with Crippen molar-refractivity contribution in [2.45, 2.75) is 13.5 Å². The van der Waals surface area contributed by atoms with Gasteiger partial charge in [0.1, 0.15) is 12.4 Å². The van der Waals surface area contributed by atoms with E-state index in [2.05, 4.69) is 0 Å². The summed E-state index contributed by atoms with van der Waals surface area (Å²) >= 11 is 0. The van der Waals surface area contributed by atoms with Crippen LogP contribution < -0.4 is 0 Å². The summed E-state index contributed by atoms with van der Waals surface area (Å²) in [6.45, 7) is 1.47. The van der Waals surface area contributed by atoms with Crippen LogP contribution in [-0.2, 0) is 11.3 Å². The standard InChI is InChI=1S/C15H13NO5/c1-10-13(16(19)20)7-12(8-14(10)17)15(18)21-9-11-5-3-2-4-6-11/h2-8,17H,9H2,1H3. The molecule has 2 aromatic carbocycles. The van der Waals surface area contributed by atoms with Gasteiger partial charge in [0.15, 0.2) is 0 Å². The van der Waals surface area contributed by atoms with Gasteiger partial charge >= 0.3 is 5.97 Å². The zero-order valence-electron chi connectivity index (χ0n) is 11.3. The molecule has 108 valence electrons. The van der Waals surface area contributed by atoms with Gasteiger partial charge in [0.05, 0.1) is 16.1 Å². The Labute approximate surface area is 120 Å². The summed E-state index contributed by atoms with van der Waals surface area (Å²) in [6, 6.07) is 11.3. The molecule has 2 aromatic rings. The van der Waals surface area contributed by atoms with E-state index in [9.17, 15) is 20.0 Å². The molecule has 21 heavy (non-hydrogen) atoms. The molecule has 0 saturated carbocycles. The number of hydrogen-bond acceptors (Lipinski definition) is 5. The number of phenols is 1. The summed E-state index contributed by atoms with van der Waals surface area (Å²) in [5.74, 6) is -1.03. The summed E-state index contributed by atoms with van der Waals surface area (Å²) in [6.07, 6.45) is 0. The third-order valence-electron chi connectivity index (χ3n) is 3.00. The Hall–Kier alpha value is -2.89. The van der Waals surface area contributed by atoms with Crippen LogP contribution in [-0.4, -0.2) is 16.0 Å². The minimum Gasteiger partial charge on any atom is -0.507 e. The SMILES string of the molecule is Cc1c(O)cc(C(=O)OCc2ccccc2)cc1[N+](=O)[O-]. The van der Waals surface area contributed by atoms with Gasteiger partial charge in [0.2, 0.25) is 0 Å². The smallest absolute Gasteiger partial charge is 0.338 e. The Kier molecular flexibility index (Phi) is 4.18. The van der Waals surface area contributed by atoms with Crippen LogP contribution in [0.25, 0.3) is 0 Å². The lowest BCUT2D eigenvalue weighted by Gasteiger charge is -2.07. The molecule has 0 amide bonds. The van der Waals surface area contributed by atoms with Gasteiger partial charge in [-0.15, -0.1) is 0 Å². The average molecular weight is 287 g/mol. The lowest BCUT2D eigenvalue weighted by Crippen LogP contribution is -2.06. The fourth-order valence-electron chi connectivity index (χ4n) is 1.80. The highest BCUT2D eigenvalue weighted by atomic mass is 16.6. The van der Waals surface area contributed by atoms with E-state index < -0.39 is 10.9 Å². The van der Waals surface area contributed by atoms with E-state index in [4.69, 9.17) is 4.74 Å². The van der Waals surface area contributed by atoms with Crippen molar-refractivity contribution in [3.63, 3.8) is 0 Å². The number of esters is 1. The molecule has 0 aliphatic heterocycles. The third kappa shape index (κ3) is 3.36. The van der Waals surface area contributed by atoms with Crippen molar-refractivity contribution in [2.75, 3.05) is 0 Å². The van der Waals surface area contributed by atoms with E-state index in [-0.39, 0.29) is 29.2 Å². The summed E-state index contributed by atoms with van der Waals surface area (Å²) < 4.78 is 5.07. The van der Waals surface area contributed by atoms with Crippen LogP contribution in [0, 0.1) is 17.0 Å². The number of carbonyl (C=O) groups is 1. The molecule has 0 aliphatic rings. The molecule has 6 heteroatoms. The zero-order chi connectivity index (χ0) is 15.4. The van der Waals surface area contributed by atoms with Crippen LogP contribution in [0.4, 0.5) is 5.69 Å². The van der Waals surface area contributed by atoms with E-state index in [1.54, 1.807) is 12.1 Å². The lowest BCUT2D eigenvalue weighted by atomic mass is 10.1. The maximum atomic E-state index is 11.9. The second-order valence-electron chi connectivity index (χ2n) is 4.46. The fraction of sp³-hybridized carbons (Fsp3) is 0.133. The first-order chi connectivity index (χ1) is 9.99. The quantitative estimate of drug-likeness (QED) is 0.530. The predicted octanol–water partition coefficient (Wildman–Crippen LogP) is 2.97. The third-order valence-corrected chi connectivity index (χ3v) is 3.00. The van der Waals surface area contributed by atoms with Crippen molar-refractivity contribution < 1.29 is 19.6 Å². The average Bonchev–Trinajstić information content (AvgIpc) is 2.48. The first-order valence-corrected chi connectivity index (χ1v) is 6.18. The summed E-state index contributed by atoms with van der Waals surface area (Å²) in [4.78, 5) is 22.1. The molecule has 2 rings (SSSR count). The highest BCUT2D eigenvalue weighted by molar-refractivity contribution is 5.91. The maximum Gasteiger partial charge on any atom is 0.338 e. The molecule has 0 aromatic heterocycles. The van der Waals surface area contributed by atoms with E-state index in [1.807, 2.05) is 18.2 Å². The van der Waals surface area contributed by atoms with Gasteiger partial charge in [0.25, 0.3) is 5.69 Å². The molecule has 0 aliphatic carbocycles. The molecular formula is C15H13NO5. The molecule has 0 heterocycles. The summed E-state index contributed by atoms with van der Waals surface area (Å²) in [5.41, 5.74) is 0.540. The van der Waals surface area contributed by atoms with Crippen LogP contribution in [0.1, 0.15) is 21.5 Å². The second kappa shape index (κ2) is 6.04. The maximum absolute atomic E-state index is 11.9. The topological polar surface area (TPSA) is 89.7 Å². The van der Waals surface area contributed by atoms with Gasteiger partial charge in [0, 0.05) is 6.07 Å². The predicted molar refractivity (Wildman–Crippen MR) is 75.1 cm³/mol. The first kappa shape index (κ1) is 14.5. The molecule has 0 bridgehead atoms. The number of carbonyl (C=O) groups excluding carboxylic acids is 1. The molecule has 0 saturated heterocycles. The number of rotatable bonds is 4. The zero-order valence-corrected chi connectivity index (χ0v) is 11.3. The molecule has 1 N–H and O–H groups in total. The number of nitro benzene ring substituents is 1. The van der Waals surface area contributed by atoms with Crippen LogP contribution in [0.3, 0.4) is 0 Å². The van der Waals surface area contributed by atoms with Gasteiger partial charge in [-0.05, 0) is 18.6 Å². The molecule has 0 atom stereocenters. The largest absolute Gasteiger partial charge is 0.507 e. The number of benzene rings is 2. The lowest BCUT2D eigenvalue weighted by molar-refractivity contribution is -0.385. The Morgan fingerprint density at radius 2 is 1.95 bits per heavy atom. The number of aromatic hydroxyl groups is 1. The molecule has 0 spiro atoms. The Morgan fingerprint density at radius 3 is 2.57 bits per heavy atom. The van der Waals surface area contributed by atoms with E-state index in [1.165, 1.54) is 6.92 Å². The van der Waals surface area contributed by atoms with Crippen molar-refractivity contribution in [2.24, 2.45) is 0 Å². The van der Waals surface area contributed by atoms with Gasteiger partial charge in [-0.1, -0.05) is 30.3 Å². The normalized spacial score (nSPS) is 10.1. The highest BCUT2D eigenvalue weighted by Crippen LogP contribution is 2.28. The Bertz CT molecular complexity index is 682. The van der Waals surface area contributed by atoms with Crippen molar-refractivity contribution in [3.05, 3.63) is 69.3 Å². The number of hydrogen-bond donors (Lipinski definition) is 1. The van der Waals surface area contributed by atoms with E-state index in [0.717, 1.165) is 17.7 Å². The minimum absolute atomic E-state index is 0.0549. The van der Waals surface area contributed by atoms with Gasteiger partial charge in [-0.3, -0.25) is 10.1 Å². The Balaban J connectivity index is 2.18. The minimum atomic E-state index is -0.725. The van der Waals surface area contributed by atoms with Crippen LogP contribution in [0.5, 0.6) is 5.75 Å². The number of phenolic OH excluding ortho intramolecular Hbond substituents is 1. The Morgan fingerprint density at radius 1 is 1.29 bits per heavy atom. The highest BCUT2D eigenvalue weighted by Gasteiger charge is 2.19. The number of nitrogens with zero attached hydrogens (tertiary/aromatic N) is 1. The fourth-order valence-corrected chi connectivity index (χ4v) is 1.80. The van der Waals surface area contributed by atoms with Crippen LogP contribution >= 0.6 is 0 Å². The van der Waals surface area contributed by atoms with E-state index >= 15 is 0 Å². The molecule has 0 radical (unpaired) electrons. The number of nitro groups is 1. The van der Waals surface area contributed by atoms with Gasteiger partial charge in [-0.25, -0.2) is 4.79 Å². The summed E-state index contributed by atoms with van der Waals surface area (Å²) in [7, 11) is 0. The van der Waals surface area contributed by atoms with Gasteiger partial charge < -0.3 is 9.84 Å². The van der Waals surface area contributed by atoms with E-state index in [0.29, 0.717) is 0 Å². The molecule has 6 nitrogen and oxygen atoms in total. The van der Waals surface area contributed by atoms with Crippen LogP contribution in [0.2, 0.25) is 0 Å². The van der Waals surface area contributed by atoms with Gasteiger partial charge in [-0.2, -0.15) is 0 Å². The summed E-state index contributed by atoms with van der Waals surface area (Å²) in [5, 5.41) is 20.5. The molecule has 0 fully saturated rings. The first-order valence-electron chi connectivity index (χ1n) is 6.18.